The summed E-state index contributed by atoms with van der Waals surface area (Å²) >= 11 is 1.86. The highest BCUT2D eigenvalue weighted by Gasteiger charge is 2.10. The van der Waals surface area contributed by atoms with Gasteiger partial charge in [0, 0.05) is 20.2 Å². The maximum Gasteiger partial charge on any atom is 0.0695 e. The molecule has 1 aliphatic rings. The highest BCUT2D eigenvalue weighted by molar-refractivity contribution is 7.25. The van der Waals surface area contributed by atoms with Crippen LogP contribution in [0.2, 0.25) is 0 Å². The van der Waals surface area contributed by atoms with Gasteiger partial charge in [-0.2, -0.15) is 0 Å². The monoisotopic (exact) mass is 263 g/mol. The number of hydrogen-bond donors (Lipinski definition) is 1. The molecule has 0 saturated heterocycles. The third-order valence-corrected chi connectivity index (χ3v) is 4.70. The lowest BCUT2D eigenvalue weighted by Gasteiger charge is -2.16. The molecule has 92 valence electrons. The van der Waals surface area contributed by atoms with Crippen LogP contribution >= 0.6 is 11.3 Å². The summed E-state index contributed by atoms with van der Waals surface area (Å²) in [6.07, 6.45) is 8.31. The highest BCUT2D eigenvalue weighted by atomic mass is 32.1. The van der Waals surface area contributed by atoms with Crippen molar-refractivity contribution in [1.29, 1.82) is 0 Å². The van der Waals surface area contributed by atoms with Gasteiger partial charge in [-0.1, -0.05) is 36.4 Å². The summed E-state index contributed by atoms with van der Waals surface area (Å²) in [4.78, 5) is 0. The Bertz CT molecular complexity index is 810. The summed E-state index contributed by atoms with van der Waals surface area (Å²) in [5.41, 5.74) is 1.32. The number of fused-ring (bicyclic) bond motifs is 3. The Balaban J connectivity index is 1.92. The van der Waals surface area contributed by atoms with Crippen molar-refractivity contribution in [2.45, 2.75) is 6.04 Å². The van der Waals surface area contributed by atoms with Gasteiger partial charge >= 0.3 is 0 Å². The van der Waals surface area contributed by atoms with Gasteiger partial charge < -0.3 is 5.32 Å². The fourth-order valence-electron chi connectivity index (χ4n) is 2.59. The van der Waals surface area contributed by atoms with Crippen LogP contribution in [-0.4, -0.2) is 0 Å². The van der Waals surface area contributed by atoms with Gasteiger partial charge in [-0.3, -0.25) is 0 Å². The third-order valence-electron chi connectivity index (χ3n) is 3.55. The van der Waals surface area contributed by atoms with Crippen molar-refractivity contribution in [2.75, 3.05) is 0 Å². The predicted molar refractivity (Wildman–Crippen MR) is 83.5 cm³/mol. The van der Waals surface area contributed by atoms with E-state index in [1.807, 2.05) is 23.6 Å². The van der Waals surface area contributed by atoms with Gasteiger partial charge in [-0.25, -0.2) is 0 Å². The van der Waals surface area contributed by atoms with Crippen molar-refractivity contribution in [3.8, 4) is 0 Å². The lowest BCUT2D eigenvalue weighted by molar-refractivity contribution is 0.748. The van der Waals surface area contributed by atoms with Crippen LogP contribution in [0, 0.1) is 0 Å². The molecule has 0 saturated carbocycles. The third kappa shape index (κ3) is 1.76. The molecule has 1 aromatic heterocycles. The lowest BCUT2D eigenvalue weighted by Crippen LogP contribution is -2.14. The van der Waals surface area contributed by atoms with Crippen LogP contribution in [0.3, 0.4) is 0 Å². The quantitative estimate of drug-likeness (QED) is 0.667. The van der Waals surface area contributed by atoms with Gasteiger partial charge in [0.15, 0.2) is 0 Å². The maximum atomic E-state index is 3.38. The average molecular weight is 263 g/mol. The summed E-state index contributed by atoms with van der Waals surface area (Å²) in [6, 6.07) is 15.7. The molecule has 0 aliphatic carbocycles. The minimum absolute atomic E-state index is 0.285. The molecule has 0 radical (unpaired) electrons. The molecule has 2 heteroatoms. The van der Waals surface area contributed by atoms with Crippen molar-refractivity contribution < 1.29 is 0 Å². The molecule has 0 bridgehead atoms. The number of allylic oxidation sites excluding steroid dienone is 2. The Morgan fingerprint density at radius 1 is 0.895 bits per heavy atom. The van der Waals surface area contributed by atoms with E-state index >= 15 is 0 Å². The minimum atomic E-state index is 0.285. The Hall–Kier alpha value is -2.06. The number of rotatable bonds is 1. The van der Waals surface area contributed by atoms with E-state index < -0.39 is 0 Å². The zero-order chi connectivity index (χ0) is 12.7. The van der Waals surface area contributed by atoms with E-state index in [1.54, 1.807) is 0 Å². The Morgan fingerprint density at radius 3 is 2.68 bits per heavy atom. The molecular formula is C17H13NS. The number of dihydropyridines is 1. The van der Waals surface area contributed by atoms with Gasteiger partial charge in [-0.05, 0) is 36.0 Å². The zero-order valence-corrected chi connectivity index (χ0v) is 11.2. The van der Waals surface area contributed by atoms with Crippen molar-refractivity contribution in [1.82, 2.24) is 5.32 Å². The average Bonchev–Trinajstić information content (AvgIpc) is 2.86. The number of thiophene rings is 1. The second kappa shape index (κ2) is 4.25. The Kier molecular flexibility index (Phi) is 2.42. The smallest absolute Gasteiger partial charge is 0.0695 e. The SMILES string of the molecule is C1=CNC(c2ccc3sc4ccccc4c3c2)C=C1. The molecular weight excluding hydrogens is 250 g/mol. The molecule has 0 amide bonds. The first-order valence-corrected chi connectivity index (χ1v) is 7.24. The molecule has 0 fully saturated rings. The first-order valence-electron chi connectivity index (χ1n) is 6.42. The van der Waals surface area contributed by atoms with Gasteiger partial charge in [0.2, 0.25) is 0 Å². The molecule has 4 rings (SSSR count). The molecule has 0 spiro atoms. The largest absolute Gasteiger partial charge is 0.381 e. The molecule has 1 unspecified atom stereocenters. The van der Waals surface area contributed by atoms with E-state index in [9.17, 15) is 0 Å². The summed E-state index contributed by atoms with van der Waals surface area (Å²) in [5.74, 6) is 0. The van der Waals surface area contributed by atoms with E-state index in [2.05, 4.69) is 59.9 Å². The molecule has 1 nitrogen and oxygen atoms in total. The van der Waals surface area contributed by atoms with Crippen LogP contribution in [-0.2, 0) is 0 Å². The van der Waals surface area contributed by atoms with Crippen LogP contribution in [0.1, 0.15) is 11.6 Å². The van der Waals surface area contributed by atoms with Crippen LogP contribution in [0.15, 0.2) is 66.9 Å². The highest BCUT2D eigenvalue weighted by Crippen LogP contribution is 2.35. The van der Waals surface area contributed by atoms with Gasteiger partial charge in [-0.15, -0.1) is 11.3 Å². The number of hydrogen-bond acceptors (Lipinski definition) is 2. The molecule has 2 aromatic carbocycles. The summed E-state index contributed by atoms with van der Waals surface area (Å²) < 4.78 is 2.72. The van der Waals surface area contributed by atoms with Crippen LogP contribution in [0.25, 0.3) is 20.2 Å². The predicted octanol–water partition coefficient (Wildman–Crippen LogP) is 4.77. The second-order valence-electron chi connectivity index (χ2n) is 4.74. The summed E-state index contributed by atoms with van der Waals surface area (Å²) in [5, 5.41) is 6.10. The lowest BCUT2D eigenvalue weighted by atomic mass is 10.0. The summed E-state index contributed by atoms with van der Waals surface area (Å²) in [7, 11) is 0. The minimum Gasteiger partial charge on any atom is -0.381 e. The fraction of sp³-hybridized carbons (Fsp3) is 0.0588. The number of nitrogens with one attached hydrogen (secondary N) is 1. The van der Waals surface area contributed by atoms with E-state index in [0.29, 0.717) is 0 Å². The van der Waals surface area contributed by atoms with E-state index in [-0.39, 0.29) is 6.04 Å². The Morgan fingerprint density at radius 2 is 1.79 bits per heavy atom. The fourth-order valence-corrected chi connectivity index (χ4v) is 3.68. The first-order chi connectivity index (χ1) is 9.42. The van der Waals surface area contributed by atoms with Crippen LogP contribution in [0.5, 0.6) is 0 Å². The Labute approximate surface area is 115 Å². The second-order valence-corrected chi connectivity index (χ2v) is 5.83. The van der Waals surface area contributed by atoms with E-state index in [4.69, 9.17) is 0 Å². The summed E-state index contributed by atoms with van der Waals surface area (Å²) in [6.45, 7) is 0. The normalized spacial score (nSPS) is 18.0. The topological polar surface area (TPSA) is 12.0 Å². The molecule has 1 N–H and O–H groups in total. The molecule has 1 aliphatic heterocycles. The van der Waals surface area contributed by atoms with Crippen LogP contribution < -0.4 is 5.32 Å². The van der Waals surface area contributed by atoms with Crippen molar-refractivity contribution in [2.24, 2.45) is 0 Å². The number of benzene rings is 2. The molecule has 19 heavy (non-hydrogen) atoms. The molecule has 3 aromatic rings. The van der Waals surface area contributed by atoms with Gasteiger partial charge in [0.1, 0.15) is 0 Å². The van der Waals surface area contributed by atoms with E-state index in [0.717, 1.165) is 0 Å². The van der Waals surface area contributed by atoms with Crippen LogP contribution in [0.4, 0.5) is 0 Å². The van der Waals surface area contributed by atoms with E-state index in [1.165, 1.54) is 25.7 Å². The van der Waals surface area contributed by atoms with Crippen molar-refractivity contribution in [3.05, 3.63) is 72.5 Å². The van der Waals surface area contributed by atoms with Crippen molar-refractivity contribution >= 4 is 31.5 Å². The molecule has 2 heterocycles. The molecule has 1 atom stereocenters. The first kappa shape index (κ1) is 10.8. The standard InChI is InChI=1S/C17H13NS/c1-2-7-16-13(5-1)14-11-12(8-9-17(14)19-16)15-6-3-4-10-18-15/h1-11,15,18H. The van der Waals surface area contributed by atoms with Gasteiger partial charge in [0.25, 0.3) is 0 Å². The van der Waals surface area contributed by atoms with Crippen molar-refractivity contribution in [3.63, 3.8) is 0 Å². The maximum absolute atomic E-state index is 3.38. The van der Waals surface area contributed by atoms with Gasteiger partial charge in [0.05, 0.1) is 6.04 Å². The zero-order valence-electron chi connectivity index (χ0n) is 10.3.